The molecule has 2 unspecified atom stereocenters. The fourth-order valence-corrected chi connectivity index (χ4v) is 1.93. The molecule has 0 aromatic rings. The van der Waals surface area contributed by atoms with Gasteiger partial charge in [-0.05, 0) is 6.42 Å². The molecular weight excluding hydrogens is 312 g/mol. The predicted molar refractivity (Wildman–Crippen MR) is 75.7 cm³/mol. The SMILES string of the molecule is CCCCCCCC(=O)OC(C(=O)O)C(O)(CC(=O)O)C(=O)O. The summed E-state index contributed by atoms with van der Waals surface area (Å²) in [5, 5.41) is 36.4. The minimum absolute atomic E-state index is 0.143. The van der Waals surface area contributed by atoms with E-state index in [-0.39, 0.29) is 6.42 Å². The first-order valence-corrected chi connectivity index (χ1v) is 7.25. The fraction of sp³-hybridized carbons (Fsp3) is 0.714. The van der Waals surface area contributed by atoms with Gasteiger partial charge < -0.3 is 25.2 Å². The number of ether oxygens (including phenoxy) is 1. The quantitative estimate of drug-likeness (QED) is 0.296. The van der Waals surface area contributed by atoms with Gasteiger partial charge >= 0.3 is 23.9 Å². The summed E-state index contributed by atoms with van der Waals surface area (Å²) in [5.74, 6) is -6.77. The van der Waals surface area contributed by atoms with E-state index in [9.17, 15) is 24.3 Å². The molecule has 23 heavy (non-hydrogen) atoms. The molecule has 0 fully saturated rings. The minimum atomic E-state index is -3.24. The summed E-state index contributed by atoms with van der Waals surface area (Å²) >= 11 is 0. The van der Waals surface area contributed by atoms with Gasteiger partial charge in [-0.2, -0.15) is 0 Å². The molecule has 0 bridgehead atoms. The first-order chi connectivity index (χ1) is 10.6. The highest BCUT2D eigenvalue weighted by molar-refractivity contribution is 5.92. The number of esters is 1. The monoisotopic (exact) mass is 334 g/mol. The zero-order valence-electron chi connectivity index (χ0n) is 12.9. The molecule has 0 aromatic heterocycles. The van der Waals surface area contributed by atoms with Crippen molar-refractivity contribution >= 4 is 23.9 Å². The Labute approximate surface area is 132 Å². The first kappa shape index (κ1) is 20.8. The highest BCUT2D eigenvalue weighted by Crippen LogP contribution is 2.21. The summed E-state index contributed by atoms with van der Waals surface area (Å²) in [6.45, 7) is 2.01. The van der Waals surface area contributed by atoms with Crippen LogP contribution in [-0.2, 0) is 23.9 Å². The number of carboxylic acids is 3. The molecule has 0 aliphatic heterocycles. The van der Waals surface area contributed by atoms with Gasteiger partial charge in [0.05, 0.1) is 6.42 Å². The summed E-state index contributed by atoms with van der Waals surface area (Å²) in [6, 6.07) is 0. The number of hydrogen-bond donors (Lipinski definition) is 4. The van der Waals surface area contributed by atoms with E-state index in [0.29, 0.717) is 6.42 Å². The fourth-order valence-electron chi connectivity index (χ4n) is 1.93. The Morgan fingerprint density at radius 3 is 2.00 bits per heavy atom. The molecule has 0 amide bonds. The molecule has 0 saturated carbocycles. The lowest BCUT2D eigenvalue weighted by Crippen LogP contribution is -2.56. The van der Waals surface area contributed by atoms with Crippen molar-refractivity contribution in [3.63, 3.8) is 0 Å². The third-order valence-corrected chi connectivity index (χ3v) is 3.18. The lowest BCUT2D eigenvalue weighted by atomic mass is 9.92. The van der Waals surface area contributed by atoms with E-state index in [1.54, 1.807) is 0 Å². The molecule has 0 rings (SSSR count). The maximum absolute atomic E-state index is 11.6. The predicted octanol–water partition coefficient (Wildman–Crippen LogP) is 0.634. The van der Waals surface area contributed by atoms with E-state index >= 15 is 0 Å². The van der Waals surface area contributed by atoms with Crippen molar-refractivity contribution in [1.29, 1.82) is 0 Å². The van der Waals surface area contributed by atoms with E-state index in [1.807, 2.05) is 6.92 Å². The molecule has 0 saturated heterocycles. The molecule has 0 aromatic carbocycles. The van der Waals surface area contributed by atoms with Gasteiger partial charge in [-0.15, -0.1) is 0 Å². The Morgan fingerprint density at radius 2 is 1.57 bits per heavy atom. The first-order valence-electron chi connectivity index (χ1n) is 7.25. The van der Waals surface area contributed by atoms with Gasteiger partial charge in [0.1, 0.15) is 0 Å². The zero-order chi connectivity index (χ0) is 18.0. The number of carboxylic acid groups (broad SMARTS) is 3. The van der Waals surface area contributed by atoms with E-state index in [4.69, 9.17) is 15.3 Å². The Hall–Kier alpha value is -2.16. The number of hydrogen-bond acceptors (Lipinski definition) is 6. The van der Waals surface area contributed by atoms with Gasteiger partial charge in [-0.25, -0.2) is 9.59 Å². The maximum atomic E-state index is 11.6. The van der Waals surface area contributed by atoms with Crippen LogP contribution in [0.15, 0.2) is 0 Å². The normalized spacial score (nSPS) is 14.5. The van der Waals surface area contributed by atoms with E-state index < -0.39 is 42.0 Å². The van der Waals surface area contributed by atoms with Gasteiger partial charge in [-0.1, -0.05) is 32.6 Å². The van der Waals surface area contributed by atoms with Crippen LogP contribution >= 0.6 is 0 Å². The maximum Gasteiger partial charge on any atom is 0.348 e. The Kier molecular flexibility index (Phi) is 8.86. The largest absolute Gasteiger partial charge is 0.481 e. The van der Waals surface area contributed by atoms with Gasteiger partial charge in [0, 0.05) is 6.42 Å². The third kappa shape index (κ3) is 7.09. The topological polar surface area (TPSA) is 158 Å². The highest BCUT2D eigenvalue weighted by atomic mass is 16.6. The van der Waals surface area contributed by atoms with Crippen molar-refractivity contribution in [3.05, 3.63) is 0 Å². The van der Waals surface area contributed by atoms with Crippen LogP contribution in [0.3, 0.4) is 0 Å². The third-order valence-electron chi connectivity index (χ3n) is 3.18. The molecule has 9 nitrogen and oxygen atoms in total. The summed E-state index contributed by atoms with van der Waals surface area (Å²) < 4.78 is 4.51. The second-order valence-corrected chi connectivity index (χ2v) is 5.17. The number of carbonyl (C=O) groups excluding carboxylic acids is 1. The van der Waals surface area contributed by atoms with Crippen LogP contribution in [0.4, 0.5) is 0 Å². The Balaban J connectivity index is 4.83. The van der Waals surface area contributed by atoms with Crippen LogP contribution in [0.2, 0.25) is 0 Å². The summed E-state index contributed by atoms with van der Waals surface area (Å²) in [7, 11) is 0. The van der Waals surface area contributed by atoms with Gasteiger partial charge in [-0.3, -0.25) is 9.59 Å². The van der Waals surface area contributed by atoms with Crippen LogP contribution in [0.25, 0.3) is 0 Å². The molecule has 0 heterocycles. The molecular formula is C14H22O9. The van der Waals surface area contributed by atoms with Crippen molar-refractivity contribution in [2.75, 3.05) is 0 Å². The average molecular weight is 334 g/mol. The second kappa shape index (κ2) is 9.78. The average Bonchev–Trinajstić information content (AvgIpc) is 2.43. The number of rotatable bonds is 12. The standard InChI is InChI=1S/C14H22O9/c1-2-3-4-5-6-7-10(17)23-11(12(18)19)14(22,13(20)21)8-9(15)16/h11,22H,2-8H2,1H3,(H,15,16)(H,18,19)(H,20,21). The molecule has 132 valence electrons. The van der Waals surface area contributed by atoms with Crippen LogP contribution in [0.5, 0.6) is 0 Å². The Bertz CT molecular complexity index is 446. The van der Waals surface area contributed by atoms with Crippen LogP contribution in [0.1, 0.15) is 51.9 Å². The van der Waals surface area contributed by atoms with Gasteiger partial charge in [0.15, 0.2) is 0 Å². The minimum Gasteiger partial charge on any atom is -0.481 e. The summed E-state index contributed by atoms with van der Waals surface area (Å²) in [4.78, 5) is 44.4. The zero-order valence-corrected chi connectivity index (χ0v) is 12.9. The van der Waals surface area contributed by atoms with Crippen LogP contribution in [0, 0.1) is 0 Å². The Morgan fingerprint density at radius 1 is 1.00 bits per heavy atom. The number of aliphatic hydroxyl groups is 1. The lowest BCUT2D eigenvalue weighted by molar-refractivity contribution is -0.197. The van der Waals surface area contributed by atoms with E-state index in [0.717, 1.165) is 25.7 Å². The molecule has 2 atom stereocenters. The van der Waals surface area contributed by atoms with Crippen LogP contribution < -0.4 is 0 Å². The number of unbranched alkanes of at least 4 members (excludes halogenated alkanes) is 4. The molecule has 0 radical (unpaired) electrons. The van der Waals surface area contributed by atoms with E-state index in [1.165, 1.54) is 0 Å². The molecule has 0 aliphatic rings. The van der Waals surface area contributed by atoms with Crippen molar-refractivity contribution in [2.45, 2.75) is 63.6 Å². The number of carbonyl (C=O) groups is 4. The van der Waals surface area contributed by atoms with Crippen molar-refractivity contribution in [3.8, 4) is 0 Å². The second-order valence-electron chi connectivity index (χ2n) is 5.17. The van der Waals surface area contributed by atoms with Crippen molar-refractivity contribution < 1.29 is 44.3 Å². The molecule has 0 aliphatic carbocycles. The highest BCUT2D eigenvalue weighted by Gasteiger charge is 2.52. The smallest absolute Gasteiger partial charge is 0.348 e. The molecule has 4 N–H and O–H groups in total. The van der Waals surface area contributed by atoms with E-state index in [2.05, 4.69) is 4.74 Å². The van der Waals surface area contributed by atoms with Gasteiger partial charge in [0.25, 0.3) is 0 Å². The molecule has 9 heteroatoms. The number of aliphatic carboxylic acids is 3. The summed E-state index contributed by atoms with van der Waals surface area (Å²) in [5.41, 5.74) is -3.24. The summed E-state index contributed by atoms with van der Waals surface area (Å²) in [6.07, 6.45) is -0.0198. The van der Waals surface area contributed by atoms with Gasteiger partial charge in [0.2, 0.25) is 11.7 Å². The van der Waals surface area contributed by atoms with Crippen molar-refractivity contribution in [2.24, 2.45) is 0 Å². The lowest BCUT2D eigenvalue weighted by Gasteiger charge is -2.27. The van der Waals surface area contributed by atoms with Crippen LogP contribution in [-0.4, -0.2) is 56.0 Å². The molecule has 0 spiro atoms. The van der Waals surface area contributed by atoms with Crippen molar-refractivity contribution in [1.82, 2.24) is 0 Å².